The maximum Gasteiger partial charge on any atom is 0.155 e. The van der Waals surface area contributed by atoms with E-state index in [1.54, 1.807) is 0 Å². The molecule has 0 atom stereocenters. The zero-order valence-electron chi connectivity index (χ0n) is 16.7. The van der Waals surface area contributed by atoms with Gasteiger partial charge in [-0.2, -0.15) is 0 Å². The van der Waals surface area contributed by atoms with E-state index in [0.29, 0.717) is 0 Å². The Bertz CT molecular complexity index is 989. The summed E-state index contributed by atoms with van der Waals surface area (Å²) >= 11 is 0. The summed E-state index contributed by atoms with van der Waals surface area (Å²) in [5.74, 6) is 0.814. The molecule has 0 bridgehead atoms. The summed E-state index contributed by atoms with van der Waals surface area (Å²) in [5, 5.41) is 0.994. The van der Waals surface area contributed by atoms with E-state index in [1.807, 2.05) is 6.07 Å². The van der Waals surface area contributed by atoms with E-state index in [4.69, 9.17) is 9.40 Å². The molecule has 0 spiro atoms. The highest BCUT2D eigenvalue weighted by Gasteiger charge is 2.19. The molecule has 3 aliphatic rings. The van der Waals surface area contributed by atoms with Gasteiger partial charge in [0.25, 0.3) is 0 Å². The van der Waals surface area contributed by atoms with Crippen LogP contribution < -0.4 is 10.3 Å². The standard InChI is InChI=1S/C23H29N3O/c1-4-6-7-10-26-11-8-9-17-13-20-23(15-21(17)26)27-22-14-18(24-5-2)16(3)12-19(22)25-20/h12-15H,4-11H2,1-3H3. The molecule has 0 amide bonds. The molecule has 142 valence electrons. The summed E-state index contributed by atoms with van der Waals surface area (Å²) in [4.78, 5) is 12.0. The molecular weight excluding hydrogens is 334 g/mol. The third kappa shape index (κ3) is 3.58. The van der Waals surface area contributed by atoms with Gasteiger partial charge in [0.1, 0.15) is 11.2 Å². The van der Waals surface area contributed by atoms with Crippen molar-refractivity contribution in [3.8, 4) is 11.5 Å². The van der Waals surface area contributed by atoms with Gasteiger partial charge in [0.15, 0.2) is 11.3 Å². The molecule has 0 unspecified atom stereocenters. The summed E-state index contributed by atoms with van der Waals surface area (Å²) in [6.07, 6.45) is 6.15. The predicted octanol–water partition coefficient (Wildman–Crippen LogP) is 5.10. The fraction of sp³-hybridized carbons (Fsp3) is 0.478. The summed E-state index contributed by atoms with van der Waals surface area (Å²) in [6.45, 7) is 9.44. The molecule has 2 aliphatic heterocycles. The monoisotopic (exact) mass is 363 g/mol. The SMILES string of the molecule is CCCCCN1CCCc2cc3nc4cc(C)c(=NCC)cc-4oc3cc21. The minimum Gasteiger partial charge on any atom is -0.453 e. The summed E-state index contributed by atoms with van der Waals surface area (Å²) in [6, 6.07) is 8.56. The maximum absolute atomic E-state index is 6.28. The molecule has 1 aliphatic carbocycles. The lowest BCUT2D eigenvalue weighted by atomic mass is 10.00. The first kappa shape index (κ1) is 18.0. The average Bonchev–Trinajstić information content (AvgIpc) is 2.66. The second-order valence-electron chi connectivity index (χ2n) is 7.54. The molecule has 0 N–H and O–H groups in total. The lowest BCUT2D eigenvalue weighted by molar-refractivity contribution is 0.607. The van der Waals surface area contributed by atoms with Crippen LogP contribution in [0.2, 0.25) is 0 Å². The number of fused-ring (bicyclic) bond motifs is 3. The van der Waals surface area contributed by atoms with E-state index in [0.717, 1.165) is 59.5 Å². The Morgan fingerprint density at radius 1 is 1.15 bits per heavy atom. The number of hydrogen-bond acceptors (Lipinski definition) is 4. The van der Waals surface area contributed by atoms with Gasteiger partial charge in [-0.1, -0.05) is 19.8 Å². The summed E-state index contributed by atoms with van der Waals surface area (Å²) in [7, 11) is 0. The molecule has 0 fully saturated rings. The van der Waals surface area contributed by atoms with Crippen LogP contribution in [0.4, 0.5) is 5.69 Å². The van der Waals surface area contributed by atoms with Gasteiger partial charge < -0.3 is 9.32 Å². The van der Waals surface area contributed by atoms with Crippen molar-refractivity contribution in [2.45, 2.75) is 52.9 Å². The number of rotatable bonds is 5. The van der Waals surface area contributed by atoms with Crippen molar-refractivity contribution >= 4 is 16.8 Å². The van der Waals surface area contributed by atoms with Crippen molar-refractivity contribution < 1.29 is 4.42 Å². The average molecular weight is 364 g/mol. The lowest BCUT2D eigenvalue weighted by Crippen LogP contribution is -2.30. The predicted molar refractivity (Wildman–Crippen MR) is 112 cm³/mol. The molecule has 1 aromatic carbocycles. The van der Waals surface area contributed by atoms with Crippen LogP contribution >= 0.6 is 0 Å². The lowest BCUT2D eigenvalue weighted by Gasteiger charge is -2.31. The van der Waals surface area contributed by atoms with Crippen LogP contribution in [0.1, 0.15) is 50.7 Å². The largest absolute Gasteiger partial charge is 0.453 e. The van der Waals surface area contributed by atoms with Crippen LogP contribution in [0.15, 0.2) is 33.7 Å². The first-order valence-corrected chi connectivity index (χ1v) is 10.3. The van der Waals surface area contributed by atoms with Crippen LogP contribution in [0.3, 0.4) is 0 Å². The molecule has 4 rings (SSSR count). The fourth-order valence-electron chi connectivity index (χ4n) is 4.05. The van der Waals surface area contributed by atoms with Crippen molar-refractivity contribution in [2.24, 2.45) is 4.99 Å². The molecule has 27 heavy (non-hydrogen) atoms. The Kier molecular flexibility index (Phi) is 5.15. The number of hydrogen-bond donors (Lipinski definition) is 0. The third-order valence-electron chi connectivity index (χ3n) is 5.47. The highest BCUT2D eigenvalue weighted by Crippen LogP contribution is 2.33. The first-order chi connectivity index (χ1) is 13.2. The Hall–Kier alpha value is -2.36. The summed E-state index contributed by atoms with van der Waals surface area (Å²) < 4.78 is 6.28. The molecule has 1 aromatic rings. The zero-order chi connectivity index (χ0) is 18.8. The van der Waals surface area contributed by atoms with Crippen molar-refractivity contribution in [3.63, 3.8) is 0 Å². The molecule has 4 heteroatoms. The molecule has 2 heterocycles. The Morgan fingerprint density at radius 3 is 2.85 bits per heavy atom. The van der Waals surface area contributed by atoms with Gasteiger partial charge in [0, 0.05) is 37.5 Å². The number of nitrogens with zero attached hydrogens (tertiary/aromatic N) is 3. The number of unbranched alkanes of at least 4 members (excludes halogenated alkanes) is 2. The second kappa shape index (κ2) is 7.71. The van der Waals surface area contributed by atoms with Gasteiger partial charge in [0.05, 0.1) is 5.36 Å². The molecular formula is C23H29N3O. The minimum atomic E-state index is 0.771. The Morgan fingerprint density at radius 2 is 2.04 bits per heavy atom. The van der Waals surface area contributed by atoms with Crippen molar-refractivity contribution in [2.75, 3.05) is 24.5 Å². The van der Waals surface area contributed by atoms with Crippen LogP contribution in [-0.2, 0) is 6.42 Å². The highest BCUT2D eigenvalue weighted by atomic mass is 16.3. The summed E-state index contributed by atoms with van der Waals surface area (Å²) in [5.41, 5.74) is 6.62. The Labute approximate surface area is 161 Å². The van der Waals surface area contributed by atoms with Gasteiger partial charge in [-0.15, -0.1) is 0 Å². The zero-order valence-corrected chi connectivity index (χ0v) is 16.7. The second-order valence-corrected chi connectivity index (χ2v) is 7.54. The Balaban J connectivity index is 1.81. The fourth-order valence-corrected chi connectivity index (χ4v) is 4.05. The number of aryl methyl sites for hydroxylation is 2. The quantitative estimate of drug-likeness (QED) is 0.467. The third-order valence-corrected chi connectivity index (χ3v) is 5.47. The minimum absolute atomic E-state index is 0.771. The number of aromatic nitrogens is 1. The van der Waals surface area contributed by atoms with E-state index in [9.17, 15) is 0 Å². The van der Waals surface area contributed by atoms with Gasteiger partial charge in [-0.05, 0) is 56.4 Å². The molecule has 0 saturated heterocycles. The normalized spacial score (nSPS) is 14.9. The topological polar surface area (TPSA) is 41.6 Å². The van der Waals surface area contributed by atoms with Gasteiger partial charge in [-0.3, -0.25) is 4.99 Å². The van der Waals surface area contributed by atoms with E-state index in [2.05, 4.69) is 48.9 Å². The highest BCUT2D eigenvalue weighted by molar-refractivity contribution is 5.82. The van der Waals surface area contributed by atoms with Crippen LogP contribution in [0.5, 0.6) is 0 Å². The van der Waals surface area contributed by atoms with Crippen molar-refractivity contribution in [1.82, 2.24) is 4.98 Å². The van der Waals surface area contributed by atoms with Gasteiger partial charge in [0.2, 0.25) is 0 Å². The van der Waals surface area contributed by atoms with Crippen molar-refractivity contribution in [1.29, 1.82) is 0 Å². The smallest absolute Gasteiger partial charge is 0.155 e. The molecule has 4 nitrogen and oxygen atoms in total. The van der Waals surface area contributed by atoms with Crippen molar-refractivity contribution in [3.05, 3.63) is 40.7 Å². The van der Waals surface area contributed by atoms with E-state index in [1.165, 1.54) is 36.9 Å². The van der Waals surface area contributed by atoms with Crippen LogP contribution in [0.25, 0.3) is 22.6 Å². The molecule has 0 aromatic heterocycles. The maximum atomic E-state index is 6.28. The number of anilines is 1. The van der Waals surface area contributed by atoms with E-state index >= 15 is 0 Å². The number of benzene rings is 2. The van der Waals surface area contributed by atoms with Crippen LogP contribution in [-0.4, -0.2) is 24.6 Å². The van der Waals surface area contributed by atoms with Gasteiger partial charge in [-0.25, -0.2) is 4.98 Å². The molecule has 0 saturated carbocycles. The van der Waals surface area contributed by atoms with E-state index in [-0.39, 0.29) is 0 Å². The van der Waals surface area contributed by atoms with E-state index < -0.39 is 0 Å². The molecule has 0 radical (unpaired) electrons. The van der Waals surface area contributed by atoms with Gasteiger partial charge >= 0.3 is 0 Å². The van der Waals surface area contributed by atoms with Crippen LogP contribution in [0, 0.1) is 6.92 Å². The first-order valence-electron chi connectivity index (χ1n) is 10.3.